The molecule has 0 bridgehead atoms. The summed E-state index contributed by atoms with van der Waals surface area (Å²) >= 11 is 0. The Morgan fingerprint density at radius 3 is 1.30 bits per heavy atom. The van der Waals surface area contributed by atoms with E-state index in [0.29, 0.717) is 0 Å². The van der Waals surface area contributed by atoms with E-state index in [1.54, 1.807) is 0 Å². The Morgan fingerprint density at radius 1 is 0.295 bits per heavy atom. The fourth-order valence-electron chi connectivity index (χ4n) is 9.57. The normalized spacial score (nSPS) is 11.6. The predicted octanol–water partition coefficient (Wildman–Crippen LogP) is 12.5. The van der Waals surface area contributed by atoms with Crippen molar-refractivity contribution in [1.82, 2.24) is 4.57 Å². The van der Waals surface area contributed by atoms with Crippen molar-refractivity contribution >= 4 is 78.5 Å². The lowest BCUT2D eigenvalue weighted by Crippen LogP contribution is -2.74. The molecule has 0 N–H and O–H groups in total. The zero-order chi connectivity index (χ0) is 40.6. The van der Waals surface area contributed by atoms with E-state index in [-0.39, 0.29) is 0 Å². The van der Waals surface area contributed by atoms with E-state index in [0.717, 1.165) is 22.7 Å². The molecule has 0 unspecified atom stereocenters. The Bertz CT molecular complexity index is 3160. The maximum absolute atomic E-state index is 2.68. The average Bonchev–Trinajstić information content (AvgIpc) is 3.69. The van der Waals surface area contributed by atoms with E-state index < -0.39 is 8.07 Å². The summed E-state index contributed by atoms with van der Waals surface area (Å²) in [6, 6.07) is 93.5. The number of nitrogens with zero attached hydrogens (tertiary/aromatic N) is 2. The summed E-state index contributed by atoms with van der Waals surface area (Å²) in [7, 11) is -2.68. The number of anilines is 3. The summed E-state index contributed by atoms with van der Waals surface area (Å²) in [6.45, 7) is 0. The lowest BCUT2D eigenvalue weighted by atomic mass is 10.0. The van der Waals surface area contributed by atoms with Crippen molar-refractivity contribution in [3.8, 4) is 16.8 Å². The molecular formula is C58H42N2Si. The molecule has 1 heterocycles. The first-order chi connectivity index (χ1) is 30.3. The van der Waals surface area contributed by atoms with E-state index in [1.165, 1.54) is 64.5 Å². The third kappa shape index (κ3) is 6.26. The van der Waals surface area contributed by atoms with Crippen LogP contribution in [0.4, 0.5) is 17.1 Å². The Balaban J connectivity index is 1.06. The molecule has 288 valence electrons. The first-order valence-corrected chi connectivity index (χ1v) is 23.0. The maximum atomic E-state index is 2.41. The van der Waals surface area contributed by atoms with Gasteiger partial charge in [-0.1, -0.05) is 194 Å². The first-order valence-electron chi connectivity index (χ1n) is 21.0. The van der Waals surface area contributed by atoms with Crippen LogP contribution in [0.3, 0.4) is 0 Å². The highest BCUT2D eigenvalue weighted by Gasteiger charge is 2.41. The number of para-hydroxylation sites is 1. The average molecular weight is 795 g/mol. The maximum Gasteiger partial charge on any atom is 0.179 e. The molecule has 11 rings (SSSR count). The molecule has 3 heteroatoms. The molecule has 1 aromatic heterocycles. The Hall–Kier alpha value is -7.72. The number of hydrogen-bond donors (Lipinski definition) is 0. The second kappa shape index (κ2) is 15.5. The number of fused-ring (bicyclic) bond motifs is 5. The third-order valence-electron chi connectivity index (χ3n) is 12.3. The lowest BCUT2D eigenvalue weighted by molar-refractivity contribution is 1.17. The van der Waals surface area contributed by atoms with Gasteiger partial charge in [0.2, 0.25) is 0 Å². The largest absolute Gasteiger partial charge is 0.311 e. The van der Waals surface area contributed by atoms with Gasteiger partial charge < -0.3 is 9.47 Å². The van der Waals surface area contributed by atoms with Gasteiger partial charge in [-0.3, -0.25) is 0 Å². The third-order valence-corrected chi connectivity index (χ3v) is 17.1. The fourth-order valence-corrected chi connectivity index (χ4v) is 14.3. The number of hydrogen-bond acceptors (Lipinski definition) is 1. The molecule has 0 spiro atoms. The molecule has 0 saturated heterocycles. The van der Waals surface area contributed by atoms with Gasteiger partial charge in [0.15, 0.2) is 8.07 Å². The van der Waals surface area contributed by atoms with Crippen molar-refractivity contribution in [2.45, 2.75) is 0 Å². The van der Waals surface area contributed by atoms with E-state index in [1.807, 2.05) is 0 Å². The minimum Gasteiger partial charge on any atom is -0.311 e. The molecule has 0 aliphatic rings. The lowest BCUT2D eigenvalue weighted by Gasteiger charge is -2.35. The van der Waals surface area contributed by atoms with Crippen molar-refractivity contribution in [3.63, 3.8) is 0 Å². The van der Waals surface area contributed by atoms with Crippen molar-refractivity contribution in [1.29, 1.82) is 0 Å². The highest BCUT2D eigenvalue weighted by Crippen LogP contribution is 2.39. The number of benzene rings is 10. The van der Waals surface area contributed by atoms with Gasteiger partial charge in [0.05, 0.1) is 11.0 Å². The van der Waals surface area contributed by atoms with Gasteiger partial charge in [-0.25, -0.2) is 0 Å². The number of rotatable bonds is 9. The highest BCUT2D eigenvalue weighted by atomic mass is 28.3. The fraction of sp³-hybridized carbons (Fsp3) is 0. The molecule has 0 fully saturated rings. The van der Waals surface area contributed by atoms with Gasteiger partial charge in [-0.05, 0) is 103 Å². The van der Waals surface area contributed by atoms with Gasteiger partial charge in [0, 0.05) is 33.5 Å². The van der Waals surface area contributed by atoms with Crippen molar-refractivity contribution in [2.75, 3.05) is 4.90 Å². The molecule has 61 heavy (non-hydrogen) atoms. The summed E-state index contributed by atoms with van der Waals surface area (Å²) in [5, 5.41) is 10.5. The van der Waals surface area contributed by atoms with Crippen LogP contribution in [-0.2, 0) is 0 Å². The zero-order valence-corrected chi connectivity index (χ0v) is 34.6. The monoisotopic (exact) mass is 794 g/mol. The van der Waals surface area contributed by atoms with Crippen LogP contribution in [0.2, 0.25) is 0 Å². The van der Waals surface area contributed by atoms with Crippen LogP contribution in [0.25, 0.3) is 49.4 Å². The molecule has 2 nitrogen and oxygen atoms in total. The van der Waals surface area contributed by atoms with Crippen LogP contribution in [-0.4, -0.2) is 12.6 Å². The van der Waals surface area contributed by atoms with Gasteiger partial charge in [-0.15, -0.1) is 0 Å². The van der Waals surface area contributed by atoms with Crippen LogP contribution < -0.4 is 25.6 Å². The van der Waals surface area contributed by atoms with Crippen LogP contribution in [0.15, 0.2) is 255 Å². The Kier molecular flexibility index (Phi) is 9.22. The first kappa shape index (κ1) is 36.4. The molecule has 0 amide bonds. The van der Waals surface area contributed by atoms with Gasteiger partial charge in [0.25, 0.3) is 0 Å². The van der Waals surface area contributed by atoms with E-state index >= 15 is 0 Å². The van der Waals surface area contributed by atoms with Gasteiger partial charge in [-0.2, -0.15) is 0 Å². The molecule has 11 aromatic rings. The summed E-state index contributed by atoms with van der Waals surface area (Å²) in [4.78, 5) is 2.39. The van der Waals surface area contributed by atoms with E-state index in [9.17, 15) is 0 Å². The van der Waals surface area contributed by atoms with Crippen LogP contribution in [0.1, 0.15) is 0 Å². The molecule has 0 saturated carbocycles. The van der Waals surface area contributed by atoms with E-state index in [2.05, 4.69) is 264 Å². The molecule has 0 aliphatic carbocycles. The zero-order valence-electron chi connectivity index (χ0n) is 33.6. The van der Waals surface area contributed by atoms with Crippen LogP contribution >= 0.6 is 0 Å². The smallest absolute Gasteiger partial charge is 0.179 e. The summed E-state index contributed by atoms with van der Waals surface area (Å²) in [6.07, 6.45) is 0. The summed E-state index contributed by atoms with van der Waals surface area (Å²) < 4.78 is 2.41. The van der Waals surface area contributed by atoms with Crippen molar-refractivity contribution < 1.29 is 0 Å². The standard InChI is InChI=1S/C58H42N2Si/c1-5-17-43(18-6-1)44-29-32-46(33-30-44)59(47-34-36-49(37-35-47)60-56-28-16-15-27-55(56)58-54-26-14-13-19-45(54)31-42-57(58)60)48-38-40-53(41-39-48)61(50-20-7-2-8-21-50,51-22-9-3-10-23-51)52-24-11-4-12-25-52/h1-42H. The van der Waals surface area contributed by atoms with Crippen LogP contribution in [0.5, 0.6) is 0 Å². The second-order valence-corrected chi connectivity index (χ2v) is 19.5. The second-order valence-electron chi connectivity index (χ2n) is 15.7. The van der Waals surface area contributed by atoms with Crippen molar-refractivity contribution in [3.05, 3.63) is 255 Å². The van der Waals surface area contributed by atoms with Gasteiger partial charge >= 0.3 is 0 Å². The van der Waals surface area contributed by atoms with E-state index in [4.69, 9.17) is 0 Å². The highest BCUT2D eigenvalue weighted by molar-refractivity contribution is 7.19. The summed E-state index contributed by atoms with van der Waals surface area (Å²) in [5.74, 6) is 0. The minimum absolute atomic E-state index is 1.09. The molecular weight excluding hydrogens is 753 g/mol. The van der Waals surface area contributed by atoms with Gasteiger partial charge in [0.1, 0.15) is 0 Å². The Morgan fingerprint density at radius 2 is 0.721 bits per heavy atom. The Labute approximate surface area is 357 Å². The molecule has 0 aliphatic heterocycles. The number of aromatic nitrogens is 1. The predicted molar refractivity (Wildman–Crippen MR) is 262 cm³/mol. The van der Waals surface area contributed by atoms with Crippen molar-refractivity contribution in [2.24, 2.45) is 0 Å². The minimum atomic E-state index is -2.68. The molecule has 10 aromatic carbocycles. The SMILES string of the molecule is c1ccc(-c2ccc(N(c3ccc(-n4c5ccccc5c5c6ccccc6ccc54)cc3)c3ccc([Si](c4ccccc4)(c4ccccc4)c4ccccc4)cc3)cc2)cc1. The molecule has 0 radical (unpaired) electrons. The molecule has 0 atom stereocenters. The van der Waals surface area contributed by atoms with Crippen LogP contribution in [0, 0.1) is 0 Å². The quantitative estimate of drug-likeness (QED) is 0.104. The summed E-state index contributed by atoms with van der Waals surface area (Å²) in [5.41, 5.74) is 9.23. The topological polar surface area (TPSA) is 8.17 Å².